The van der Waals surface area contributed by atoms with Crippen LogP contribution in [0, 0.1) is 5.92 Å². The lowest BCUT2D eigenvalue weighted by Crippen LogP contribution is -2.07. The predicted molar refractivity (Wildman–Crippen MR) is 78.4 cm³/mol. The topological polar surface area (TPSA) is 50.4 Å². The van der Waals surface area contributed by atoms with Gasteiger partial charge in [-0.1, -0.05) is 43.5 Å². The molecule has 0 unspecified atom stereocenters. The van der Waals surface area contributed by atoms with Crippen molar-refractivity contribution in [3.8, 4) is 0 Å². The van der Waals surface area contributed by atoms with Crippen LogP contribution in [0.15, 0.2) is 40.8 Å². The fourth-order valence-corrected chi connectivity index (χ4v) is 2.91. The molecule has 0 bridgehead atoms. The highest BCUT2D eigenvalue weighted by atomic mass is 16.4. The van der Waals surface area contributed by atoms with Crippen molar-refractivity contribution >= 4 is 22.5 Å². The Morgan fingerprint density at radius 2 is 1.95 bits per heavy atom. The van der Waals surface area contributed by atoms with Crippen molar-refractivity contribution in [2.75, 3.05) is 0 Å². The van der Waals surface area contributed by atoms with E-state index in [1.165, 1.54) is 19.3 Å². The third-order valence-electron chi connectivity index (χ3n) is 3.97. The Morgan fingerprint density at radius 3 is 2.65 bits per heavy atom. The van der Waals surface area contributed by atoms with Crippen LogP contribution >= 0.6 is 0 Å². The van der Waals surface area contributed by atoms with Crippen molar-refractivity contribution in [2.45, 2.75) is 32.1 Å². The van der Waals surface area contributed by atoms with Gasteiger partial charge in [-0.2, -0.15) is 0 Å². The highest BCUT2D eigenvalue weighted by Gasteiger charge is 2.19. The van der Waals surface area contributed by atoms with E-state index in [2.05, 4.69) is 0 Å². The largest absolute Gasteiger partial charge is 0.478 e. The summed E-state index contributed by atoms with van der Waals surface area (Å²) >= 11 is 0. The molecule has 0 spiro atoms. The Morgan fingerprint density at radius 1 is 1.20 bits per heavy atom. The fourth-order valence-electron chi connectivity index (χ4n) is 2.91. The van der Waals surface area contributed by atoms with E-state index in [4.69, 9.17) is 4.42 Å². The van der Waals surface area contributed by atoms with E-state index in [1.807, 2.05) is 36.4 Å². The number of hydrogen-bond acceptors (Lipinski definition) is 2. The predicted octanol–water partition coefficient (Wildman–Crippen LogP) is 4.48. The second kappa shape index (κ2) is 5.53. The number of carbonyl (C=O) groups is 1. The summed E-state index contributed by atoms with van der Waals surface area (Å²) in [7, 11) is 0. The van der Waals surface area contributed by atoms with E-state index in [0.29, 0.717) is 17.3 Å². The number of carboxylic acid groups (broad SMARTS) is 1. The van der Waals surface area contributed by atoms with Gasteiger partial charge >= 0.3 is 5.97 Å². The fraction of sp³-hybridized carbons (Fsp3) is 0.353. The maximum atomic E-state index is 11.5. The Kier molecular flexibility index (Phi) is 3.59. The zero-order chi connectivity index (χ0) is 13.9. The molecule has 1 saturated carbocycles. The van der Waals surface area contributed by atoms with Gasteiger partial charge in [0.25, 0.3) is 0 Å². The molecule has 0 radical (unpaired) electrons. The van der Waals surface area contributed by atoms with Crippen LogP contribution in [0.4, 0.5) is 0 Å². The van der Waals surface area contributed by atoms with Gasteiger partial charge in [0, 0.05) is 5.39 Å². The minimum Gasteiger partial charge on any atom is -0.478 e. The number of carboxylic acids is 1. The van der Waals surface area contributed by atoms with Gasteiger partial charge in [0.15, 0.2) is 0 Å². The lowest BCUT2D eigenvalue weighted by molar-refractivity contribution is -0.130. The Bertz CT molecular complexity index is 612. The number of aliphatic carboxylic acids is 1. The van der Waals surface area contributed by atoms with Gasteiger partial charge in [0.2, 0.25) is 0 Å². The van der Waals surface area contributed by atoms with Gasteiger partial charge in [-0.3, -0.25) is 0 Å². The van der Waals surface area contributed by atoms with Crippen LogP contribution in [-0.2, 0) is 4.79 Å². The highest BCUT2D eigenvalue weighted by molar-refractivity contribution is 6.15. The molecule has 20 heavy (non-hydrogen) atoms. The zero-order valence-corrected chi connectivity index (χ0v) is 11.3. The van der Waals surface area contributed by atoms with Crippen LogP contribution in [0.1, 0.15) is 37.9 Å². The molecular weight excluding hydrogens is 252 g/mol. The lowest BCUT2D eigenvalue weighted by atomic mass is 9.87. The summed E-state index contributed by atoms with van der Waals surface area (Å²) in [5.41, 5.74) is 1.03. The van der Waals surface area contributed by atoms with Gasteiger partial charge < -0.3 is 9.52 Å². The van der Waals surface area contributed by atoms with Crippen LogP contribution in [0.5, 0.6) is 0 Å². The molecule has 0 saturated heterocycles. The Hall–Kier alpha value is -2.03. The molecule has 1 heterocycles. The molecule has 104 valence electrons. The highest BCUT2D eigenvalue weighted by Crippen LogP contribution is 2.30. The van der Waals surface area contributed by atoms with Crippen molar-refractivity contribution in [2.24, 2.45) is 5.92 Å². The van der Waals surface area contributed by atoms with E-state index in [9.17, 15) is 9.90 Å². The maximum Gasteiger partial charge on any atom is 0.339 e. The Labute approximate surface area is 117 Å². The quantitative estimate of drug-likeness (QED) is 0.836. The van der Waals surface area contributed by atoms with Gasteiger partial charge in [-0.15, -0.1) is 0 Å². The number of hydrogen-bond donors (Lipinski definition) is 1. The van der Waals surface area contributed by atoms with Crippen LogP contribution in [0.3, 0.4) is 0 Å². The molecule has 1 N–H and O–H groups in total. The number of fused-ring (bicyclic) bond motifs is 1. The van der Waals surface area contributed by atoms with Crippen LogP contribution < -0.4 is 0 Å². The SMILES string of the molecule is O=C(O)C(=CC1CCCCC1)c1cc2ccccc2o1. The minimum absolute atomic E-state index is 0.299. The molecule has 1 aliphatic rings. The first kappa shape index (κ1) is 13.0. The second-order valence-corrected chi connectivity index (χ2v) is 5.43. The molecule has 1 fully saturated rings. The molecule has 1 aromatic carbocycles. The first-order valence-corrected chi connectivity index (χ1v) is 7.18. The van der Waals surface area contributed by atoms with Crippen molar-refractivity contribution in [1.82, 2.24) is 0 Å². The van der Waals surface area contributed by atoms with Gasteiger partial charge in [-0.25, -0.2) is 4.79 Å². The van der Waals surface area contributed by atoms with Gasteiger partial charge in [-0.05, 0) is 30.9 Å². The van der Waals surface area contributed by atoms with E-state index in [1.54, 1.807) is 0 Å². The van der Waals surface area contributed by atoms with Crippen molar-refractivity contribution < 1.29 is 14.3 Å². The van der Waals surface area contributed by atoms with E-state index < -0.39 is 5.97 Å². The number of para-hydroxylation sites is 1. The molecule has 3 nitrogen and oxygen atoms in total. The van der Waals surface area contributed by atoms with E-state index >= 15 is 0 Å². The lowest BCUT2D eigenvalue weighted by Gasteiger charge is -2.18. The van der Waals surface area contributed by atoms with Crippen LogP contribution in [0.25, 0.3) is 16.5 Å². The summed E-state index contributed by atoms with van der Waals surface area (Å²) in [6, 6.07) is 9.42. The van der Waals surface area contributed by atoms with Gasteiger partial charge in [0.05, 0.1) is 5.57 Å². The Balaban J connectivity index is 1.97. The average molecular weight is 270 g/mol. The standard InChI is InChI=1S/C17H18O3/c18-17(19)14(10-12-6-2-1-3-7-12)16-11-13-8-4-5-9-15(13)20-16/h4-5,8-12H,1-3,6-7H2,(H,18,19). The zero-order valence-electron chi connectivity index (χ0n) is 11.3. The molecule has 1 aliphatic carbocycles. The summed E-state index contributed by atoms with van der Waals surface area (Å²) in [5.74, 6) is -0.0815. The first-order chi connectivity index (χ1) is 9.74. The number of allylic oxidation sites excluding steroid dienone is 1. The minimum atomic E-state index is -0.908. The molecule has 0 aliphatic heterocycles. The summed E-state index contributed by atoms with van der Waals surface area (Å²) in [6.07, 6.45) is 7.69. The third-order valence-corrected chi connectivity index (χ3v) is 3.97. The van der Waals surface area contributed by atoms with E-state index in [0.717, 1.165) is 23.8 Å². The summed E-state index contributed by atoms with van der Waals surface area (Å²) in [6.45, 7) is 0. The molecule has 1 aromatic heterocycles. The van der Waals surface area contributed by atoms with Crippen LogP contribution in [-0.4, -0.2) is 11.1 Å². The van der Waals surface area contributed by atoms with Gasteiger partial charge in [0.1, 0.15) is 11.3 Å². The first-order valence-electron chi connectivity index (χ1n) is 7.18. The number of rotatable bonds is 3. The number of furan rings is 1. The van der Waals surface area contributed by atoms with E-state index in [-0.39, 0.29) is 0 Å². The summed E-state index contributed by atoms with van der Waals surface area (Å²) in [4.78, 5) is 11.5. The monoisotopic (exact) mass is 270 g/mol. The average Bonchev–Trinajstić information content (AvgIpc) is 2.89. The molecule has 0 amide bonds. The van der Waals surface area contributed by atoms with Crippen molar-refractivity contribution in [3.05, 3.63) is 42.2 Å². The molecule has 0 atom stereocenters. The van der Waals surface area contributed by atoms with Crippen molar-refractivity contribution in [1.29, 1.82) is 0 Å². The summed E-state index contributed by atoms with van der Waals surface area (Å²) < 4.78 is 5.68. The maximum absolute atomic E-state index is 11.5. The summed E-state index contributed by atoms with van der Waals surface area (Å²) in [5, 5.41) is 10.4. The molecule has 2 aromatic rings. The molecule has 3 rings (SSSR count). The normalized spacial score (nSPS) is 17.5. The molecular formula is C17H18O3. The third kappa shape index (κ3) is 2.62. The van der Waals surface area contributed by atoms with Crippen LogP contribution in [0.2, 0.25) is 0 Å². The second-order valence-electron chi connectivity index (χ2n) is 5.43. The van der Waals surface area contributed by atoms with Crippen molar-refractivity contribution in [3.63, 3.8) is 0 Å². The number of benzene rings is 1. The smallest absolute Gasteiger partial charge is 0.339 e. The molecule has 3 heteroatoms.